The molecule has 0 saturated carbocycles. The minimum absolute atomic E-state index is 0.434. The zero-order chi connectivity index (χ0) is 17.3. The third kappa shape index (κ3) is 5.58. The van der Waals surface area contributed by atoms with Gasteiger partial charge in [0.15, 0.2) is 0 Å². The molecule has 0 saturated heterocycles. The third-order valence-corrected chi connectivity index (χ3v) is 10.9. The van der Waals surface area contributed by atoms with E-state index in [1.54, 1.807) is 0 Å². The predicted octanol–water partition coefficient (Wildman–Crippen LogP) is 5.43. The summed E-state index contributed by atoms with van der Waals surface area (Å²) in [5.74, 6) is 9.15. The fraction of sp³-hybridized carbons (Fsp3) is 0.524. The summed E-state index contributed by atoms with van der Waals surface area (Å²) in [5, 5.41) is 0. The quantitative estimate of drug-likeness (QED) is 0.385. The van der Waals surface area contributed by atoms with Crippen molar-refractivity contribution in [2.45, 2.75) is 64.8 Å². The van der Waals surface area contributed by atoms with E-state index in [2.05, 4.69) is 77.0 Å². The van der Waals surface area contributed by atoms with Crippen LogP contribution in [0.15, 0.2) is 30.3 Å². The highest BCUT2D eigenvalue weighted by Gasteiger charge is 2.41. The van der Waals surface area contributed by atoms with Gasteiger partial charge in [0.25, 0.3) is 0 Å². The van der Waals surface area contributed by atoms with E-state index in [-0.39, 0.29) is 0 Å². The van der Waals surface area contributed by atoms with Crippen molar-refractivity contribution in [3.8, 4) is 23.3 Å². The lowest BCUT2D eigenvalue weighted by Gasteiger charge is -2.37. The average molecular weight is 327 g/mol. The molecule has 2 heteroatoms. The molecule has 0 aliphatic carbocycles. The van der Waals surface area contributed by atoms with Crippen LogP contribution in [0.4, 0.5) is 0 Å². The van der Waals surface area contributed by atoms with Crippen molar-refractivity contribution in [2.75, 3.05) is 6.61 Å². The molecule has 0 fully saturated rings. The number of hydrogen-bond acceptors (Lipinski definition) is 1. The summed E-state index contributed by atoms with van der Waals surface area (Å²) in [6.07, 6.45) is 0. The van der Waals surface area contributed by atoms with Gasteiger partial charge in [-0.2, -0.15) is 0 Å². The van der Waals surface area contributed by atoms with Crippen LogP contribution >= 0.6 is 0 Å². The Balaban J connectivity index is 2.61. The molecule has 1 aromatic carbocycles. The van der Waals surface area contributed by atoms with Crippen LogP contribution in [0.2, 0.25) is 16.6 Å². The summed E-state index contributed by atoms with van der Waals surface area (Å²) in [6, 6.07) is 10.2. The first-order valence-electron chi connectivity index (χ1n) is 8.53. The van der Waals surface area contributed by atoms with E-state index >= 15 is 0 Å². The van der Waals surface area contributed by atoms with Gasteiger partial charge in [0, 0.05) is 0 Å². The largest absolute Gasteiger partial charge is 0.364 e. The standard InChI is InChI=1S/C21H30OSi/c1-18(2)23(19(3)4,20(5)6)16-12-8-11-15-22-17-21-13-9-7-10-14-21/h7,9-10,13-14,18-20H,15,17H2,1-6H3. The summed E-state index contributed by atoms with van der Waals surface area (Å²) in [6.45, 7) is 14.9. The molecule has 0 radical (unpaired) electrons. The Hall–Kier alpha value is -1.48. The highest BCUT2D eigenvalue weighted by Crippen LogP contribution is 2.40. The van der Waals surface area contributed by atoms with E-state index in [9.17, 15) is 0 Å². The topological polar surface area (TPSA) is 9.23 Å². The monoisotopic (exact) mass is 326 g/mol. The van der Waals surface area contributed by atoms with E-state index in [1.165, 1.54) is 5.56 Å². The lowest BCUT2D eigenvalue weighted by molar-refractivity contribution is 0.153. The van der Waals surface area contributed by atoms with Gasteiger partial charge in [0.2, 0.25) is 0 Å². The van der Waals surface area contributed by atoms with Crippen molar-refractivity contribution in [1.82, 2.24) is 0 Å². The molecule has 0 unspecified atom stereocenters. The molecule has 23 heavy (non-hydrogen) atoms. The van der Waals surface area contributed by atoms with Crippen molar-refractivity contribution >= 4 is 8.07 Å². The minimum atomic E-state index is -1.65. The van der Waals surface area contributed by atoms with Crippen LogP contribution in [0.25, 0.3) is 0 Å². The SMILES string of the molecule is CC(C)[Si](C#CC#CCOCc1ccccc1)(C(C)C)C(C)C. The second kappa shape index (κ2) is 9.61. The van der Waals surface area contributed by atoms with Crippen LogP contribution in [0.3, 0.4) is 0 Å². The lowest BCUT2D eigenvalue weighted by atomic mass is 10.2. The van der Waals surface area contributed by atoms with Crippen LogP contribution in [0, 0.1) is 23.3 Å². The van der Waals surface area contributed by atoms with Crippen molar-refractivity contribution in [3.63, 3.8) is 0 Å². The van der Waals surface area contributed by atoms with Gasteiger partial charge in [-0.3, -0.25) is 0 Å². The fourth-order valence-electron chi connectivity index (χ4n) is 3.45. The van der Waals surface area contributed by atoms with E-state index < -0.39 is 8.07 Å². The van der Waals surface area contributed by atoms with Crippen molar-refractivity contribution in [3.05, 3.63) is 35.9 Å². The highest BCUT2D eigenvalue weighted by atomic mass is 28.3. The summed E-state index contributed by atoms with van der Waals surface area (Å²) in [5.41, 5.74) is 6.71. The van der Waals surface area contributed by atoms with Crippen LogP contribution in [0.1, 0.15) is 47.1 Å². The lowest BCUT2D eigenvalue weighted by Crippen LogP contribution is -2.43. The molecule has 1 aromatic rings. The molecule has 0 aliphatic rings. The van der Waals surface area contributed by atoms with Gasteiger partial charge in [-0.15, -0.1) is 5.54 Å². The highest BCUT2D eigenvalue weighted by molar-refractivity contribution is 6.90. The van der Waals surface area contributed by atoms with Gasteiger partial charge in [0.1, 0.15) is 14.7 Å². The second-order valence-corrected chi connectivity index (χ2v) is 12.5. The first-order chi connectivity index (χ1) is 10.9. The van der Waals surface area contributed by atoms with E-state index in [0.29, 0.717) is 29.8 Å². The first kappa shape index (κ1) is 19.6. The third-order valence-electron chi connectivity index (χ3n) is 4.58. The van der Waals surface area contributed by atoms with E-state index in [1.807, 2.05) is 18.2 Å². The average Bonchev–Trinajstić information content (AvgIpc) is 2.50. The summed E-state index contributed by atoms with van der Waals surface area (Å²) >= 11 is 0. The molecule has 0 aromatic heterocycles. The molecule has 0 bridgehead atoms. The van der Waals surface area contributed by atoms with Gasteiger partial charge in [-0.1, -0.05) is 77.8 Å². The molecule has 0 spiro atoms. The molecular weight excluding hydrogens is 296 g/mol. The molecular formula is C21H30OSi. The summed E-state index contributed by atoms with van der Waals surface area (Å²) in [7, 11) is -1.65. The van der Waals surface area contributed by atoms with E-state index in [0.717, 1.165) is 0 Å². The molecule has 0 heterocycles. The Morgan fingerprint density at radius 2 is 1.43 bits per heavy atom. The maximum absolute atomic E-state index is 5.56. The zero-order valence-electron chi connectivity index (χ0n) is 15.4. The van der Waals surface area contributed by atoms with Gasteiger partial charge in [-0.25, -0.2) is 0 Å². The normalized spacial score (nSPS) is 11.2. The van der Waals surface area contributed by atoms with Crippen LogP contribution < -0.4 is 0 Å². The predicted molar refractivity (Wildman–Crippen MR) is 103 cm³/mol. The Morgan fingerprint density at radius 1 is 0.870 bits per heavy atom. The van der Waals surface area contributed by atoms with Gasteiger partial charge in [0.05, 0.1) is 6.61 Å². The zero-order valence-corrected chi connectivity index (χ0v) is 16.4. The van der Waals surface area contributed by atoms with Crippen LogP contribution in [0.5, 0.6) is 0 Å². The number of hydrogen-bond donors (Lipinski definition) is 0. The van der Waals surface area contributed by atoms with Gasteiger partial charge >= 0.3 is 0 Å². The van der Waals surface area contributed by atoms with Crippen molar-refractivity contribution in [2.24, 2.45) is 0 Å². The molecule has 1 nitrogen and oxygen atoms in total. The first-order valence-corrected chi connectivity index (χ1v) is 10.8. The fourth-order valence-corrected chi connectivity index (χ4v) is 8.59. The van der Waals surface area contributed by atoms with Crippen LogP contribution in [-0.4, -0.2) is 14.7 Å². The van der Waals surface area contributed by atoms with Crippen LogP contribution in [-0.2, 0) is 11.3 Å². The Kier molecular flexibility index (Phi) is 8.17. The van der Waals surface area contributed by atoms with Crippen molar-refractivity contribution < 1.29 is 4.74 Å². The number of benzene rings is 1. The van der Waals surface area contributed by atoms with Gasteiger partial charge in [-0.05, 0) is 34.0 Å². The molecule has 0 N–H and O–H groups in total. The maximum Gasteiger partial charge on any atom is 0.147 e. The number of rotatable bonds is 6. The van der Waals surface area contributed by atoms with Gasteiger partial charge < -0.3 is 4.74 Å². The smallest absolute Gasteiger partial charge is 0.147 e. The maximum atomic E-state index is 5.56. The summed E-state index contributed by atoms with van der Waals surface area (Å²) < 4.78 is 5.56. The Morgan fingerprint density at radius 3 is 1.96 bits per heavy atom. The summed E-state index contributed by atoms with van der Waals surface area (Å²) in [4.78, 5) is 0. The Labute approximate surface area is 143 Å². The molecule has 0 aliphatic heterocycles. The molecule has 1 rings (SSSR count). The minimum Gasteiger partial charge on any atom is -0.364 e. The molecule has 124 valence electrons. The molecule has 0 atom stereocenters. The van der Waals surface area contributed by atoms with Crippen molar-refractivity contribution in [1.29, 1.82) is 0 Å². The van der Waals surface area contributed by atoms with E-state index in [4.69, 9.17) is 4.74 Å². The Bertz CT molecular complexity index is 557. The molecule has 0 amide bonds. The number of ether oxygens (including phenoxy) is 1. The second-order valence-electron chi connectivity index (χ2n) is 6.93.